The number of allylic oxidation sites excluding steroid dienone is 1. The largest absolute Gasteiger partial charge is 0.418 e. The minimum absolute atomic E-state index is 0.122. The Morgan fingerprint density at radius 3 is 2.53 bits per heavy atom. The van der Waals surface area contributed by atoms with Crippen molar-refractivity contribution in [3.63, 3.8) is 0 Å². The monoisotopic (exact) mass is 421 g/mol. The number of para-hydroxylation sites is 1. The van der Waals surface area contributed by atoms with Gasteiger partial charge in [-0.15, -0.1) is 11.3 Å². The van der Waals surface area contributed by atoms with Gasteiger partial charge < -0.3 is 5.32 Å². The summed E-state index contributed by atoms with van der Waals surface area (Å²) in [4.78, 5) is 4.55. The molecule has 7 heteroatoms. The van der Waals surface area contributed by atoms with Gasteiger partial charge in [-0.3, -0.25) is 0 Å². The molecule has 1 N–H and O–H groups in total. The fourth-order valence-electron chi connectivity index (χ4n) is 3.12. The third kappa shape index (κ3) is 3.91. The van der Waals surface area contributed by atoms with Crippen LogP contribution in [0.25, 0.3) is 27.6 Å². The minimum Gasteiger partial charge on any atom is -0.360 e. The van der Waals surface area contributed by atoms with E-state index < -0.39 is 11.7 Å². The molecule has 0 aliphatic rings. The quantitative estimate of drug-likeness (QED) is 0.362. The van der Waals surface area contributed by atoms with Gasteiger partial charge in [-0.25, -0.2) is 4.98 Å². The van der Waals surface area contributed by atoms with Gasteiger partial charge in [0, 0.05) is 17.1 Å². The standard InChI is InChI=1S/C23H14F3N3S/c24-23(25,26)19-10-3-4-11-20(19)28-13-16(12-27)22-29-21(14-30-22)18-9-5-7-15-6-1-2-8-17(15)18/h1-11,13-14,28H. The van der Waals surface area contributed by atoms with E-state index in [1.807, 2.05) is 53.9 Å². The lowest BCUT2D eigenvalue weighted by Crippen LogP contribution is -2.08. The number of thiazole rings is 1. The van der Waals surface area contributed by atoms with Crippen LogP contribution in [0.4, 0.5) is 18.9 Å². The number of aromatic nitrogens is 1. The van der Waals surface area contributed by atoms with Crippen molar-refractivity contribution in [1.29, 1.82) is 5.26 Å². The maximum atomic E-state index is 13.2. The van der Waals surface area contributed by atoms with E-state index in [0.717, 1.165) is 22.4 Å². The highest BCUT2D eigenvalue weighted by Gasteiger charge is 2.33. The molecule has 1 heterocycles. The maximum absolute atomic E-state index is 13.2. The number of hydrogen-bond acceptors (Lipinski definition) is 4. The molecule has 0 radical (unpaired) electrons. The van der Waals surface area contributed by atoms with Crippen LogP contribution in [0.2, 0.25) is 0 Å². The second-order valence-corrected chi connectivity index (χ2v) is 7.28. The molecule has 0 aliphatic heterocycles. The molecule has 148 valence electrons. The number of nitrogens with one attached hydrogen (secondary N) is 1. The SMILES string of the molecule is N#CC(=CNc1ccccc1C(F)(F)F)c1nc(-c2cccc3ccccc23)cs1. The van der Waals surface area contributed by atoms with E-state index in [1.54, 1.807) is 0 Å². The molecule has 0 spiro atoms. The highest BCUT2D eigenvalue weighted by atomic mass is 32.1. The van der Waals surface area contributed by atoms with Crippen molar-refractivity contribution in [1.82, 2.24) is 4.98 Å². The van der Waals surface area contributed by atoms with Crippen LogP contribution in [0.15, 0.2) is 78.3 Å². The van der Waals surface area contributed by atoms with Crippen molar-refractivity contribution in [2.24, 2.45) is 0 Å². The van der Waals surface area contributed by atoms with Gasteiger partial charge in [0.1, 0.15) is 16.6 Å². The zero-order valence-corrected chi connectivity index (χ0v) is 16.3. The van der Waals surface area contributed by atoms with Crippen molar-refractivity contribution in [3.8, 4) is 17.3 Å². The third-order valence-corrected chi connectivity index (χ3v) is 5.40. The predicted octanol–water partition coefficient (Wildman–Crippen LogP) is 6.96. The van der Waals surface area contributed by atoms with Crippen LogP contribution < -0.4 is 5.32 Å². The molecule has 0 unspecified atom stereocenters. The Kier molecular flexibility index (Phi) is 5.25. The van der Waals surface area contributed by atoms with Crippen LogP contribution in [0.1, 0.15) is 10.6 Å². The smallest absolute Gasteiger partial charge is 0.360 e. The Hall–Kier alpha value is -3.63. The van der Waals surface area contributed by atoms with E-state index in [0.29, 0.717) is 10.7 Å². The first kappa shape index (κ1) is 19.7. The zero-order chi connectivity index (χ0) is 21.1. The lowest BCUT2D eigenvalue weighted by atomic mass is 10.0. The fraction of sp³-hybridized carbons (Fsp3) is 0.0435. The Morgan fingerprint density at radius 2 is 1.73 bits per heavy atom. The number of halogens is 3. The lowest BCUT2D eigenvalue weighted by molar-refractivity contribution is -0.136. The molecule has 0 saturated heterocycles. The molecule has 3 nitrogen and oxygen atoms in total. The van der Waals surface area contributed by atoms with Crippen molar-refractivity contribution in [3.05, 3.63) is 88.9 Å². The van der Waals surface area contributed by atoms with Crippen LogP contribution in [0, 0.1) is 11.3 Å². The van der Waals surface area contributed by atoms with Crippen LogP contribution >= 0.6 is 11.3 Å². The number of rotatable bonds is 4. The molecule has 0 bridgehead atoms. The van der Waals surface area contributed by atoms with E-state index in [-0.39, 0.29) is 11.3 Å². The van der Waals surface area contributed by atoms with E-state index in [1.165, 1.54) is 35.7 Å². The normalized spacial score (nSPS) is 12.0. The van der Waals surface area contributed by atoms with Crippen molar-refractivity contribution in [2.45, 2.75) is 6.18 Å². The summed E-state index contributed by atoms with van der Waals surface area (Å²) < 4.78 is 39.5. The van der Waals surface area contributed by atoms with Gasteiger partial charge in [0.15, 0.2) is 0 Å². The average molecular weight is 421 g/mol. The van der Waals surface area contributed by atoms with Gasteiger partial charge in [-0.1, -0.05) is 54.6 Å². The molecule has 4 rings (SSSR count). The minimum atomic E-state index is -4.49. The van der Waals surface area contributed by atoms with Gasteiger partial charge in [0.2, 0.25) is 0 Å². The summed E-state index contributed by atoms with van der Waals surface area (Å²) in [6.07, 6.45) is -3.23. The zero-order valence-electron chi connectivity index (χ0n) is 15.4. The van der Waals surface area contributed by atoms with E-state index in [9.17, 15) is 18.4 Å². The van der Waals surface area contributed by atoms with Gasteiger partial charge in [0.05, 0.1) is 16.9 Å². The van der Waals surface area contributed by atoms with E-state index >= 15 is 0 Å². The van der Waals surface area contributed by atoms with Gasteiger partial charge >= 0.3 is 6.18 Å². The first-order valence-corrected chi connectivity index (χ1v) is 9.82. The second kappa shape index (κ2) is 8.01. The number of nitrogens with zero attached hydrogens (tertiary/aromatic N) is 2. The number of nitriles is 1. The Labute approximate surface area is 174 Å². The molecule has 0 saturated carbocycles. The van der Waals surface area contributed by atoms with Crippen LogP contribution in [-0.4, -0.2) is 4.98 Å². The first-order valence-electron chi connectivity index (χ1n) is 8.94. The number of fused-ring (bicyclic) bond motifs is 1. The molecule has 0 fully saturated rings. The van der Waals surface area contributed by atoms with Crippen molar-refractivity contribution in [2.75, 3.05) is 5.32 Å². The summed E-state index contributed by atoms with van der Waals surface area (Å²) in [6.45, 7) is 0. The molecule has 1 aromatic heterocycles. The number of anilines is 1. The van der Waals surface area contributed by atoms with E-state index in [4.69, 9.17) is 0 Å². The number of alkyl halides is 3. The third-order valence-electron chi connectivity index (χ3n) is 4.53. The molecule has 0 aliphatic carbocycles. The van der Waals surface area contributed by atoms with Crippen molar-refractivity contribution >= 4 is 33.4 Å². The van der Waals surface area contributed by atoms with Crippen LogP contribution in [0.3, 0.4) is 0 Å². The summed E-state index contributed by atoms with van der Waals surface area (Å²) in [6, 6.07) is 21.0. The molecular formula is C23H14F3N3S. The molecule has 0 atom stereocenters. The molecule has 30 heavy (non-hydrogen) atoms. The summed E-state index contributed by atoms with van der Waals surface area (Å²) in [7, 11) is 0. The Morgan fingerprint density at radius 1 is 1.00 bits per heavy atom. The summed E-state index contributed by atoms with van der Waals surface area (Å²) in [5, 5.41) is 16.5. The Bertz CT molecular complexity index is 1280. The highest BCUT2D eigenvalue weighted by molar-refractivity contribution is 7.11. The predicted molar refractivity (Wildman–Crippen MR) is 114 cm³/mol. The molecular weight excluding hydrogens is 407 g/mol. The van der Waals surface area contributed by atoms with E-state index in [2.05, 4.69) is 10.3 Å². The average Bonchev–Trinajstić information content (AvgIpc) is 3.23. The van der Waals surface area contributed by atoms with Gasteiger partial charge in [0.25, 0.3) is 0 Å². The number of benzene rings is 3. The van der Waals surface area contributed by atoms with Crippen LogP contribution in [0.5, 0.6) is 0 Å². The second-order valence-electron chi connectivity index (χ2n) is 6.42. The highest BCUT2D eigenvalue weighted by Crippen LogP contribution is 2.35. The summed E-state index contributed by atoms with van der Waals surface area (Å²) >= 11 is 1.27. The summed E-state index contributed by atoms with van der Waals surface area (Å²) in [5.41, 5.74) is 0.882. The fourth-order valence-corrected chi connectivity index (χ4v) is 3.90. The lowest BCUT2D eigenvalue weighted by Gasteiger charge is -2.12. The topological polar surface area (TPSA) is 48.7 Å². The Balaban J connectivity index is 1.66. The van der Waals surface area contributed by atoms with Gasteiger partial charge in [-0.2, -0.15) is 18.4 Å². The van der Waals surface area contributed by atoms with Crippen molar-refractivity contribution < 1.29 is 13.2 Å². The molecule has 0 amide bonds. The summed E-state index contributed by atoms with van der Waals surface area (Å²) in [5.74, 6) is 0. The van der Waals surface area contributed by atoms with Gasteiger partial charge in [-0.05, 0) is 22.9 Å². The number of hydrogen-bond donors (Lipinski definition) is 1. The maximum Gasteiger partial charge on any atom is 0.418 e. The van der Waals surface area contributed by atoms with Crippen LogP contribution in [-0.2, 0) is 6.18 Å². The molecule has 3 aromatic carbocycles. The first-order chi connectivity index (χ1) is 14.5. The molecule has 4 aromatic rings.